The Labute approximate surface area is 165 Å². The molecule has 2 aromatic rings. The number of hydrogen-bond acceptors (Lipinski definition) is 4. The highest BCUT2D eigenvalue weighted by Gasteiger charge is 2.42. The minimum Gasteiger partial charge on any atom is -0.494 e. The van der Waals surface area contributed by atoms with Crippen molar-refractivity contribution in [2.75, 3.05) is 18.1 Å². The van der Waals surface area contributed by atoms with E-state index in [1.165, 1.54) is 0 Å². The van der Waals surface area contributed by atoms with E-state index in [0.29, 0.717) is 17.9 Å². The normalized spacial score (nSPS) is 19.2. The van der Waals surface area contributed by atoms with Gasteiger partial charge in [0.1, 0.15) is 12.4 Å². The van der Waals surface area contributed by atoms with Crippen LogP contribution in [-0.2, 0) is 14.3 Å². The highest BCUT2D eigenvalue weighted by atomic mass is 79.9. The average molecular weight is 428 g/mol. The first-order valence-corrected chi connectivity index (χ1v) is 9.59. The van der Waals surface area contributed by atoms with Gasteiger partial charge in [0, 0.05) is 22.5 Å². The molecule has 5 nitrogen and oxygen atoms in total. The molecule has 2 heterocycles. The Bertz CT molecular complexity index is 918. The Morgan fingerprint density at radius 1 is 1.11 bits per heavy atom. The number of carbonyl (C=O) groups excluding carboxylic acids is 2. The summed E-state index contributed by atoms with van der Waals surface area (Å²) in [5.41, 5.74) is 2.85. The number of halogens is 1. The molecule has 0 saturated carbocycles. The Kier molecular flexibility index (Phi) is 4.74. The molecule has 2 aliphatic heterocycles. The number of esters is 1. The lowest BCUT2D eigenvalue weighted by Crippen LogP contribution is -2.37. The van der Waals surface area contributed by atoms with Crippen molar-refractivity contribution in [3.05, 3.63) is 69.8 Å². The van der Waals surface area contributed by atoms with Gasteiger partial charge in [-0.3, -0.25) is 9.69 Å². The molecule has 138 valence electrons. The summed E-state index contributed by atoms with van der Waals surface area (Å²) in [5, 5.41) is 0. The highest BCUT2D eigenvalue weighted by Crippen LogP contribution is 2.42. The van der Waals surface area contributed by atoms with E-state index in [1.54, 1.807) is 4.90 Å². The fourth-order valence-corrected chi connectivity index (χ4v) is 3.86. The van der Waals surface area contributed by atoms with Crippen LogP contribution in [0.2, 0.25) is 0 Å². The van der Waals surface area contributed by atoms with Crippen molar-refractivity contribution in [3.8, 4) is 5.75 Å². The topological polar surface area (TPSA) is 55.8 Å². The smallest absolute Gasteiger partial charge is 0.336 e. The van der Waals surface area contributed by atoms with E-state index in [0.717, 1.165) is 21.5 Å². The Balaban J connectivity index is 1.74. The van der Waals surface area contributed by atoms with Crippen LogP contribution in [0.1, 0.15) is 24.8 Å². The average Bonchev–Trinajstić information content (AvgIpc) is 3.05. The van der Waals surface area contributed by atoms with Crippen LogP contribution in [0.3, 0.4) is 0 Å². The van der Waals surface area contributed by atoms with E-state index < -0.39 is 0 Å². The molecule has 0 fully saturated rings. The van der Waals surface area contributed by atoms with E-state index in [-0.39, 0.29) is 30.8 Å². The maximum Gasteiger partial charge on any atom is 0.336 e. The molecular formula is C21H18BrNO4. The third-order valence-corrected chi connectivity index (χ3v) is 5.32. The van der Waals surface area contributed by atoms with Crippen LogP contribution in [0.4, 0.5) is 5.69 Å². The first-order valence-electron chi connectivity index (χ1n) is 8.80. The second-order valence-electron chi connectivity index (χ2n) is 6.40. The quantitative estimate of drug-likeness (QED) is 0.686. The maximum absolute atomic E-state index is 13.0. The second-order valence-corrected chi connectivity index (χ2v) is 7.32. The SMILES string of the molecule is CCOc1ccc([C@@H]2CC(=O)N(c3ccc(Br)cc3)C3=C2C(=O)OC3)cc1. The Morgan fingerprint density at radius 3 is 2.48 bits per heavy atom. The number of ether oxygens (including phenoxy) is 2. The maximum atomic E-state index is 13.0. The minimum atomic E-state index is -0.349. The van der Waals surface area contributed by atoms with Crippen LogP contribution in [0.5, 0.6) is 5.75 Å². The number of carbonyl (C=O) groups is 2. The molecule has 2 aliphatic rings. The minimum absolute atomic E-state index is 0.0479. The first kappa shape index (κ1) is 17.8. The van der Waals surface area contributed by atoms with Crippen LogP contribution in [-0.4, -0.2) is 25.1 Å². The van der Waals surface area contributed by atoms with Crippen molar-refractivity contribution < 1.29 is 19.1 Å². The molecule has 0 aromatic heterocycles. The number of amides is 1. The van der Waals surface area contributed by atoms with Gasteiger partial charge in [-0.15, -0.1) is 0 Å². The monoisotopic (exact) mass is 427 g/mol. The highest BCUT2D eigenvalue weighted by molar-refractivity contribution is 9.10. The lowest BCUT2D eigenvalue weighted by Gasteiger charge is -2.32. The first-order chi connectivity index (χ1) is 13.1. The fourth-order valence-electron chi connectivity index (χ4n) is 3.59. The standard InChI is InChI=1S/C21H18BrNO4/c1-2-26-16-9-3-13(4-10-16)17-11-19(24)23(15-7-5-14(22)6-8-15)18-12-27-21(25)20(17)18/h3-10,17H,2,11-12H2,1H3/t17-/m0/s1. The van der Waals surface area contributed by atoms with Gasteiger partial charge in [0.05, 0.1) is 17.9 Å². The molecule has 0 N–H and O–H groups in total. The van der Waals surface area contributed by atoms with E-state index in [2.05, 4.69) is 15.9 Å². The molecule has 1 amide bonds. The molecular weight excluding hydrogens is 410 g/mol. The van der Waals surface area contributed by atoms with Crippen molar-refractivity contribution in [1.82, 2.24) is 0 Å². The van der Waals surface area contributed by atoms with Crippen molar-refractivity contribution in [2.45, 2.75) is 19.3 Å². The molecule has 0 spiro atoms. The van der Waals surface area contributed by atoms with Crippen molar-refractivity contribution in [2.24, 2.45) is 0 Å². The summed E-state index contributed by atoms with van der Waals surface area (Å²) in [5.74, 6) is 0.0692. The number of benzene rings is 2. The molecule has 0 radical (unpaired) electrons. The zero-order valence-electron chi connectivity index (χ0n) is 14.8. The third kappa shape index (κ3) is 3.25. The van der Waals surface area contributed by atoms with E-state index in [1.807, 2.05) is 55.5 Å². The molecule has 0 unspecified atom stereocenters. The lowest BCUT2D eigenvalue weighted by molar-refractivity contribution is -0.136. The lowest BCUT2D eigenvalue weighted by atomic mass is 9.84. The Morgan fingerprint density at radius 2 is 1.81 bits per heavy atom. The predicted octanol–water partition coefficient (Wildman–Crippen LogP) is 4.18. The summed E-state index contributed by atoms with van der Waals surface area (Å²) in [6, 6.07) is 15.0. The molecule has 1 atom stereocenters. The summed E-state index contributed by atoms with van der Waals surface area (Å²) in [6.07, 6.45) is 0.220. The molecule has 6 heteroatoms. The van der Waals surface area contributed by atoms with Gasteiger partial charge < -0.3 is 9.47 Å². The zero-order valence-corrected chi connectivity index (χ0v) is 16.4. The van der Waals surface area contributed by atoms with Crippen LogP contribution >= 0.6 is 15.9 Å². The van der Waals surface area contributed by atoms with Crippen molar-refractivity contribution in [1.29, 1.82) is 0 Å². The molecule has 4 rings (SSSR count). The van der Waals surface area contributed by atoms with Crippen LogP contribution in [0, 0.1) is 0 Å². The van der Waals surface area contributed by atoms with Gasteiger partial charge in [-0.05, 0) is 48.9 Å². The van der Waals surface area contributed by atoms with Gasteiger partial charge in [0.25, 0.3) is 0 Å². The largest absolute Gasteiger partial charge is 0.494 e. The van der Waals surface area contributed by atoms with Crippen molar-refractivity contribution >= 4 is 33.5 Å². The number of rotatable bonds is 4. The third-order valence-electron chi connectivity index (χ3n) is 4.80. The molecule has 2 aromatic carbocycles. The summed E-state index contributed by atoms with van der Waals surface area (Å²) >= 11 is 3.40. The van der Waals surface area contributed by atoms with Gasteiger partial charge in [-0.25, -0.2) is 4.79 Å². The van der Waals surface area contributed by atoms with Gasteiger partial charge >= 0.3 is 5.97 Å². The molecule has 27 heavy (non-hydrogen) atoms. The number of cyclic esters (lactones) is 1. The summed E-state index contributed by atoms with van der Waals surface area (Å²) in [4.78, 5) is 27.0. The Hall–Kier alpha value is -2.60. The van der Waals surface area contributed by atoms with Crippen LogP contribution < -0.4 is 9.64 Å². The molecule has 0 bridgehead atoms. The number of nitrogens with zero attached hydrogens (tertiary/aromatic N) is 1. The fraction of sp³-hybridized carbons (Fsp3) is 0.238. The van der Waals surface area contributed by atoms with Crippen LogP contribution in [0.25, 0.3) is 0 Å². The summed E-state index contributed by atoms with van der Waals surface area (Å²) in [7, 11) is 0. The number of hydrogen-bond donors (Lipinski definition) is 0. The molecule has 0 saturated heterocycles. The van der Waals surface area contributed by atoms with E-state index in [9.17, 15) is 9.59 Å². The van der Waals surface area contributed by atoms with Gasteiger partial charge in [-0.1, -0.05) is 28.1 Å². The predicted molar refractivity (Wildman–Crippen MR) is 105 cm³/mol. The zero-order chi connectivity index (χ0) is 19.0. The van der Waals surface area contributed by atoms with Crippen molar-refractivity contribution in [3.63, 3.8) is 0 Å². The number of anilines is 1. The van der Waals surface area contributed by atoms with Gasteiger partial charge in [0.2, 0.25) is 5.91 Å². The van der Waals surface area contributed by atoms with E-state index >= 15 is 0 Å². The molecule has 0 aliphatic carbocycles. The van der Waals surface area contributed by atoms with Gasteiger partial charge in [0.15, 0.2) is 0 Å². The van der Waals surface area contributed by atoms with Crippen LogP contribution in [0.15, 0.2) is 64.3 Å². The second kappa shape index (κ2) is 7.19. The van der Waals surface area contributed by atoms with E-state index in [4.69, 9.17) is 9.47 Å². The summed E-state index contributed by atoms with van der Waals surface area (Å²) in [6.45, 7) is 2.63. The summed E-state index contributed by atoms with van der Waals surface area (Å²) < 4.78 is 11.7. The van der Waals surface area contributed by atoms with Gasteiger partial charge in [-0.2, -0.15) is 0 Å².